The number of ether oxygens (including phenoxy) is 4. The maximum absolute atomic E-state index is 15.3. The fourth-order valence-electron chi connectivity index (χ4n) is 9.42. The SMILES string of the molecule is CCc1ccc(Nc2ncnc(OC3C4COCC3CN(c3ncc(Br)cn3)C4)c2F)c(F)c1.CCc1ccc(Nc2ncnc(OC3C4COCC3CN(c3ncc(C5CC5)cn3)C4)c2F)c(F)c1. The van der Waals surface area contributed by atoms with E-state index in [0.29, 0.717) is 83.3 Å². The minimum Gasteiger partial charge on any atom is -0.471 e. The van der Waals surface area contributed by atoms with Gasteiger partial charge >= 0.3 is 0 Å². The van der Waals surface area contributed by atoms with Crippen molar-refractivity contribution in [3.63, 3.8) is 0 Å². The van der Waals surface area contributed by atoms with Crippen molar-refractivity contribution in [2.24, 2.45) is 23.7 Å². The van der Waals surface area contributed by atoms with Crippen molar-refractivity contribution in [1.29, 1.82) is 0 Å². The van der Waals surface area contributed by atoms with Crippen LogP contribution >= 0.6 is 15.9 Å². The largest absolute Gasteiger partial charge is 0.471 e. The molecular formula is C49H51BrF4N12O4. The minimum absolute atomic E-state index is 0.00554. The van der Waals surface area contributed by atoms with Gasteiger partial charge in [0.2, 0.25) is 23.5 Å². The number of rotatable bonds is 13. The molecule has 1 saturated carbocycles. The Kier molecular flexibility index (Phi) is 14.2. The van der Waals surface area contributed by atoms with Gasteiger partial charge in [-0.05, 0) is 88.5 Å². The second-order valence-electron chi connectivity index (χ2n) is 18.2. The number of fused-ring (bicyclic) bond motifs is 4. The summed E-state index contributed by atoms with van der Waals surface area (Å²) in [6, 6.07) is 9.57. The van der Waals surface area contributed by atoms with Crippen LogP contribution in [0, 0.1) is 46.9 Å². The van der Waals surface area contributed by atoms with Crippen LogP contribution in [0.4, 0.5) is 52.5 Å². The molecule has 70 heavy (non-hydrogen) atoms. The van der Waals surface area contributed by atoms with Gasteiger partial charge in [-0.15, -0.1) is 0 Å². The standard InChI is InChI=1S/C26H28F2N6O2.C23H23BrF2N6O2/c1-2-15-3-6-21(20(27)7-15)33-24-22(28)25(32-14-31-24)36-23-18-10-34(11-19(23)13-35-12-18)26-29-8-17(9-30-26)16-4-5-16;1-2-13-3-4-18(17(25)5-13)31-21-19(26)22(30-12-29-21)34-20-14-8-32(9-15(20)11-33-10-14)23-27-6-16(24)7-28-23/h3,6-9,14,16,18-19,23H,2,4-5,10-13H2,1H3,(H,31,32,33);3-7,12,14-15,20H,2,8-11H2,1H3,(H,29,30,31). The quantitative estimate of drug-likeness (QED) is 0.106. The van der Waals surface area contributed by atoms with Gasteiger partial charge in [0.25, 0.3) is 11.8 Å². The van der Waals surface area contributed by atoms with Gasteiger partial charge in [-0.3, -0.25) is 0 Å². The molecule has 4 bridgehead atoms. The van der Waals surface area contributed by atoms with Crippen LogP contribution in [0.1, 0.15) is 49.3 Å². The fraction of sp³-hybridized carbons (Fsp3) is 0.429. The Morgan fingerprint density at radius 2 is 1.00 bits per heavy atom. The number of nitrogens with one attached hydrogen (secondary N) is 2. The first-order chi connectivity index (χ1) is 34.1. The predicted molar refractivity (Wildman–Crippen MR) is 255 cm³/mol. The Morgan fingerprint density at radius 3 is 1.39 bits per heavy atom. The van der Waals surface area contributed by atoms with E-state index in [4.69, 9.17) is 18.9 Å². The molecule has 0 radical (unpaired) electrons. The second kappa shape index (κ2) is 21.0. The fourth-order valence-corrected chi connectivity index (χ4v) is 9.62. The Hall–Kier alpha value is -6.32. The highest BCUT2D eigenvalue weighted by Crippen LogP contribution is 2.40. The smallest absolute Gasteiger partial charge is 0.256 e. The lowest BCUT2D eigenvalue weighted by atomic mass is 9.84. The van der Waals surface area contributed by atoms with Crippen molar-refractivity contribution in [1.82, 2.24) is 39.9 Å². The van der Waals surface area contributed by atoms with Crippen LogP contribution in [0.25, 0.3) is 0 Å². The summed E-state index contributed by atoms with van der Waals surface area (Å²) in [5.74, 6) is -1.18. The molecule has 4 saturated heterocycles. The molecule has 11 rings (SSSR count). The molecule has 4 aromatic heterocycles. The summed E-state index contributed by atoms with van der Waals surface area (Å²) < 4.78 is 83.9. The summed E-state index contributed by atoms with van der Waals surface area (Å²) in [6.45, 7) is 8.29. The Balaban J connectivity index is 0.000000162. The van der Waals surface area contributed by atoms with E-state index in [1.165, 1.54) is 43.2 Å². The Bertz CT molecular complexity index is 2760. The van der Waals surface area contributed by atoms with Gasteiger partial charge in [-0.2, -0.15) is 18.7 Å². The number of aromatic nitrogens is 8. The van der Waals surface area contributed by atoms with Gasteiger partial charge in [0, 0.05) is 74.6 Å². The summed E-state index contributed by atoms with van der Waals surface area (Å²) in [5, 5.41) is 5.45. The molecule has 5 aliphatic rings. The van der Waals surface area contributed by atoms with Crippen molar-refractivity contribution >= 4 is 50.8 Å². The van der Waals surface area contributed by atoms with Crippen LogP contribution in [0.2, 0.25) is 0 Å². The highest BCUT2D eigenvalue weighted by Gasteiger charge is 2.45. The van der Waals surface area contributed by atoms with Crippen LogP contribution in [0.3, 0.4) is 0 Å². The first-order valence-electron chi connectivity index (χ1n) is 23.5. The first kappa shape index (κ1) is 47.4. The molecule has 5 fully saturated rings. The summed E-state index contributed by atoms with van der Waals surface area (Å²) in [5.41, 5.74) is 3.18. The van der Waals surface area contributed by atoms with E-state index in [1.54, 1.807) is 36.7 Å². The first-order valence-corrected chi connectivity index (χ1v) is 24.3. The van der Waals surface area contributed by atoms with Crippen molar-refractivity contribution in [2.45, 2.75) is 57.7 Å². The Labute approximate surface area is 410 Å². The molecule has 4 aliphatic heterocycles. The molecule has 0 amide bonds. The molecule has 6 aromatic rings. The molecule has 1 aliphatic carbocycles. The summed E-state index contributed by atoms with van der Waals surface area (Å²) in [4.78, 5) is 38.2. The lowest BCUT2D eigenvalue weighted by Gasteiger charge is -2.46. The van der Waals surface area contributed by atoms with Gasteiger partial charge in [0.1, 0.15) is 36.5 Å². The maximum atomic E-state index is 15.3. The monoisotopic (exact) mass is 1030 g/mol. The van der Waals surface area contributed by atoms with E-state index >= 15 is 8.78 Å². The van der Waals surface area contributed by atoms with E-state index in [9.17, 15) is 8.78 Å². The van der Waals surface area contributed by atoms with Crippen molar-refractivity contribution < 1.29 is 36.5 Å². The van der Waals surface area contributed by atoms with E-state index in [2.05, 4.69) is 76.2 Å². The van der Waals surface area contributed by atoms with Crippen molar-refractivity contribution in [2.75, 3.05) is 73.0 Å². The molecule has 21 heteroatoms. The number of piperidine rings is 2. The number of aryl methyl sites for hydroxylation is 2. The van der Waals surface area contributed by atoms with Crippen LogP contribution in [0.5, 0.6) is 11.8 Å². The molecular weight excluding hydrogens is 977 g/mol. The summed E-state index contributed by atoms with van der Waals surface area (Å²) >= 11 is 3.35. The molecule has 16 nitrogen and oxygen atoms in total. The summed E-state index contributed by atoms with van der Waals surface area (Å²) in [6.07, 6.45) is 13.0. The third-order valence-electron chi connectivity index (χ3n) is 13.3. The zero-order valence-electron chi connectivity index (χ0n) is 38.4. The minimum atomic E-state index is -0.765. The number of nitrogens with zero attached hydrogens (tertiary/aromatic N) is 10. The number of hydrogen-bond donors (Lipinski definition) is 2. The van der Waals surface area contributed by atoms with Crippen LogP contribution in [-0.4, -0.2) is 105 Å². The third-order valence-corrected chi connectivity index (χ3v) is 13.7. The van der Waals surface area contributed by atoms with Gasteiger partial charge < -0.3 is 39.4 Å². The zero-order valence-corrected chi connectivity index (χ0v) is 40.0. The van der Waals surface area contributed by atoms with Crippen molar-refractivity contribution in [3.05, 3.63) is 118 Å². The molecule has 2 N–H and O–H groups in total. The molecule has 0 spiro atoms. The highest BCUT2D eigenvalue weighted by molar-refractivity contribution is 9.10. The topological polar surface area (TPSA) is 171 Å². The maximum Gasteiger partial charge on any atom is 0.256 e. The van der Waals surface area contributed by atoms with E-state index in [-0.39, 0.29) is 70.7 Å². The van der Waals surface area contributed by atoms with Gasteiger partial charge in [0.15, 0.2) is 11.6 Å². The van der Waals surface area contributed by atoms with E-state index in [0.717, 1.165) is 15.6 Å². The van der Waals surface area contributed by atoms with E-state index in [1.807, 2.05) is 26.2 Å². The van der Waals surface area contributed by atoms with Gasteiger partial charge in [-0.1, -0.05) is 26.0 Å². The average molecular weight is 1030 g/mol. The normalized spacial score (nSPS) is 22.7. The third kappa shape index (κ3) is 10.6. The van der Waals surface area contributed by atoms with Crippen molar-refractivity contribution in [3.8, 4) is 11.8 Å². The van der Waals surface area contributed by atoms with Crippen LogP contribution < -0.4 is 29.9 Å². The molecule has 4 unspecified atom stereocenters. The molecule has 8 heterocycles. The van der Waals surface area contributed by atoms with Gasteiger partial charge in [-0.25, -0.2) is 38.7 Å². The number of halogens is 5. The lowest BCUT2D eigenvalue weighted by Crippen LogP contribution is -2.58. The number of hydrogen-bond acceptors (Lipinski definition) is 16. The van der Waals surface area contributed by atoms with Gasteiger partial charge in [0.05, 0.1) is 42.3 Å². The van der Waals surface area contributed by atoms with Crippen LogP contribution in [0.15, 0.2) is 78.3 Å². The predicted octanol–water partition coefficient (Wildman–Crippen LogP) is 8.40. The van der Waals surface area contributed by atoms with Crippen LogP contribution in [-0.2, 0) is 22.3 Å². The lowest BCUT2D eigenvalue weighted by molar-refractivity contribution is -0.0781. The highest BCUT2D eigenvalue weighted by atomic mass is 79.9. The molecule has 2 aromatic carbocycles. The van der Waals surface area contributed by atoms with E-state index < -0.39 is 23.3 Å². The Morgan fingerprint density at radius 1 is 0.586 bits per heavy atom. The number of anilines is 6. The average Bonchev–Trinajstić information content (AvgIpc) is 4.22. The molecule has 366 valence electrons. The zero-order chi connectivity index (χ0) is 48.3. The molecule has 4 atom stereocenters. The number of benzene rings is 2. The second-order valence-corrected chi connectivity index (χ2v) is 19.1. The summed E-state index contributed by atoms with van der Waals surface area (Å²) in [7, 11) is 0.